The van der Waals surface area contributed by atoms with Gasteiger partial charge in [-0.05, 0) is 25.1 Å². The number of phenolic OH excluding ortho intramolecular Hbond substituents is 1. The van der Waals surface area contributed by atoms with Gasteiger partial charge in [0.05, 0.1) is 17.7 Å². The number of halogens is 1. The molecule has 1 amide bonds. The third kappa shape index (κ3) is 4.77. The van der Waals surface area contributed by atoms with Crippen LogP contribution in [0.5, 0.6) is 11.5 Å². The first-order valence-corrected chi connectivity index (χ1v) is 7.94. The third-order valence-corrected chi connectivity index (χ3v) is 3.52. The Hall–Kier alpha value is -2.94. The minimum Gasteiger partial charge on any atom is -0.504 e. The lowest BCUT2D eigenvalue weighted by Gasteiger charge is -2.08. The second kappa shape index (κ2) is 8.25. The van der Waals surface area contributed by atoms with E-state index in [4.69, 9.17) is 4.74 Å². The van der Waals surface area contributed by atoms with E-state index in [0.717, 1.165) is 6.07 Å². The van der Waals surface area contributed by atoms with Crippen molar-refractivity contribution in [3.8, 4) is 11.5 Å². The van der Waals surface area contributed by atoms with E-state index in [-0.39, 0.29) is 22.7 Å². The van der Waals surface area contributed by atoms with Crippen LogP contribution in [0.15, 0.2) is 46.0 Å². The fourth-order valence-electron chi connectivity index (χ4n) is 1.94. The van der Waals surface area contributed by atoms with E-state index in [1.54, 1.807) is 19.1 Å². The average molecular weight is 408 g/mol. The molecule has 0 atom stereocenters. The standard InChI is InChI=1S/C16H14BrN3O5/c1-2-25-14-8-12(17)6-11(15(14)21)9-18-19-16(22)10-4-3-5-13(7-10)20(23)24/h3-9,21H,2H2,1H3,(H,19,22). The number of nitrogens with zero attached hydrogens (tertiary/aromatic N) is 2. The molecule has 0 aliphatic carbocycles. The summed E-state index contributed by atoms with van der Waals surface area (Å²) in [6, 6.07) is 8.48. The summed E-state index contributed by atoms with van der Waals surface area (Å²) in [7, 11) is 0. The Kier molecular flexibility index (Phi) is 6.07. The van der Waals surface area contributed by atoms with Crippen molar-refractivity contribution < 1.29 is 19.6 Å². The van der Waals surface area contributed by atoms with Crippen LogP contribution >= 0.6 is 15.9 Å². The van der Waals surface area contributed by atoms with E-state index in [1.165, 1.54) is 24.4 Å². The predicted molar refractivity (Wildman–Crippen MR) is 95.1 cm³/mol. The fourth-order valence-corrected chi connectivity index (χ4v) is 2.40. The van der Waals surface area contributed by atoms with Crippen molar-refractivity contribution in [3.05, 3.63) is 62.1 Å². The van der Waals surface area contributed by atoms with Gasteiger partial charge in [-0.15, -0.1) is 0 Å². The monoisotopic (exact) mass is 407 g/mol. The van der Waals surface area contributed by atoms with Crippen LogP contribution in [0.2, 0.25) is 0 Å². The molecule has 0 aliphatic rings. The van der Waals surface area contributed by atoms with Crippen molar-refractivity contribution in [2.75, 3.05) is 6.61 Å². The maximum Gasteiger partial charge on any atom is 0.271 e. The second-order valence-electron chi connectivity index (χ2n) is 4.78. The lowest BCUT2D eigenvalue weighted by molar-refractivity contribution is -0.384. The molecule has 0 heterocycles. The highest BCUT2D eigenvalue weighted by Gasteiger charge is 2.11. The first-order chi connectivity index (χ1) is 11.9. The van der Waals surface area contributed by atoms with Crippen LogP contribution in [0, 0.1) is 10.1 Å². The van der Waals surface area contributed by atoms with Gasteiger partial charge >= 0.3 is 0 Å². The summed E-state index contributed by atoms with van der Waals surface area (Å²) >= 11 is 3.29. The number of hydrazone groups is 1. The van der Waals surface area contributed by atoms with Crippen molar-refractivity contribution in [1.29, 1.82) is 0 Å². The maximum absolute atomic E-state index is 12.0. The molecule has 8 nitrogen and oxygen atoms in total. The van der Waals surface area contributed by atoms with Crippen LogP contribution in [-0.2, 0) is 0 Å². The fraction of sp³-hybridized carbons (Fsp3) is 0.125. The summed E-state index contributed by atoms with van der Waals surface area (Å²) in [5.74, 6) is -0.443. The smallest absolute Gasteiger partial charge is 0.271 e. The Morgan fingerprint density at radius 1 is 1.44 bits per heavy atom. The van der Waals surface area contributed by atoms with Gasteiger partial charge in [0.1, 0.15) is 0 Å². The molecule has 2 N–H and O–H groups in total. The number of hydrogen-bond acceptors (Lipinski definition) is 6. The first-order valence-electron chi connectivity index (χ1n) is 7.15. The average Bonchev–Trinajstić information content (AvgIpc) is 2.59. The van der Waals surface area contributed by atoms with Gasteiger partial charge in [0.25, 0.3) is 11.6 Å². The minimum atomic E-state index is -0.612. The zero-order valence-corrected chi connectivity index (χ0v) is 14.7. The molecule has 0 aromatic heterocycles. The van der Waals surface area contributed by atoms with Crippen molar-refractivity contribution >= 4 is 33.7 Å². The molecule has 0 unspecified atom stereocenters. The van der Waals surface area contributed by atoms with Crippen molar-refractivity contribution in [2.45, 2.75) is 6.92 Å². The summed E-state index contributed by atoms with van der Waals surface area (Å²) in [6.45, 7) is 2.16. The molecule has 2 rings (SSSR count). The Morgan fingerprint density at radius 3 is 2.88 bits per heavy atom. The molecule has 0 fully saturated rings. The van der Waals surface area contributed by atoms with Crippen LogP contribution < -0.4 is 10.2 Å². The highest BCUT2D eigenvalue weighted by molar-refractivity contribution is 9.10. The predicted octanol–water partition coefficient (Wildman–Crippen LogP) is 3.23. The zero-order valence-electron chi connectivity index (χ0n) is 13.1. The number of non-ortho nitro benzene ring substituents is 1. The van der Waals surface area contributed by atoms with Gasteiger partial charge in [0.15, 0.2) is 11.5 Å². The Bertz CT molecular complexity index is 839. The number of nitro benzene ring substituents is 1. The number of phenols is 1. The van der Waals surface area contributed by atoms with Gasteiger partial charge in [-0.25, -0.2) is 5.43 Å². The van der Waals surface area contributed by atoms with Gasteiger partial charge in [-0.1, -0.05) is 22.0 Å². The topological polar surface area (TPSA) is 114 Å². The van der Waals surface area contributed by atoms with Crippen LogP contribution in [0.1, 0.15) is 22.8 Å². The van der Waals surface area contributed by atoms with E-state index >= 15 is 0 Å². The number of hydrogen-bond donors (Lipinski definition) is 2. The van der Waals surface area contributed by atoms with E-state index in [2.05, 4.69) is 26.5 Å². The lowest BCUT2D eigenvalue weighted by Crippen LogP contribution is -2.17. The maximum atomic E-state index is 12.0. The number of aromatic hydroxyl groups is 1. The van der Waals surface area contributed by atoms with E-state index in [1.807, 2.05) is 0 Å². The molecule has 130 valence electrons. The van der Waals surface area contributed by atoms with Crippen LogP contribution in [0.3, 0.4) is 0 Å². The van der Waals surface area contributed by atoms with Crippen LogP contribution in [0.25, 0.3) is 0 Å². The van der Waals surface area contributed by atoms with Crippen molar-refractivity contribution in [3.63, 3.8) is 0 Å². The van der Waals surface area contributed by atoms with Gasteiger partial charge in [-0.2, -0.15) is 5.10 Å². The number of rotatable bonds is 6. The molecule has 2 aromatic carbocycles. The quantitative estimate of drug-likeness (QED) is 0.433. The van der Waals surface area contributed by atoms with Crippen molar-refractivity contribution in [2.24, 2.45) is 5.10 Å². The lowest BCUT2D eigenvalue weighted by atomic mass is 10.2. The summed E-state index contributed by atoms with van der Waals surface area (Å²) < 4.78 is 5.96. The highest BCUT2D eigenvalue weighted by Crippen LogP contribution is 2.32. The number of benzene rings is 2. The second-order valence-corrected chi connectivity index (χ2v) is 5.70. The summed E-state index contributed by atoms with van der Waals surface area (Å²) in [4.78, 5) is 22.1. The number of carbonyl (C=O) groups is 1. The summed E-state index contributed by atoms with van der Waals surface area (Å²) in [5.41, 5.74) is 2.49. The zero-order chi connectivity index (χ0) is 18.4. The number of nitrogens with one attached hydrogen (secondary N) is 1. The van der Waals surface area contributed by atoms with Gasteiger partial charge in [0.2, 0.25) is 0 Å². The summed E-state index contributed by atoms with van der Waals surface area (Å²) in [5, 5.41) is 24.6. The molecule has 0 aliphatic heterocycles. The number of amides is 1. The van der Waals surface area contributed by atoms with E-state index < -0.39 is 10.8 Å². The molecule has 2 aromatic rings. The third-order valence-electron chi connectivity index (χ3n) is 3.06. The van der Waals surface area contributed by atoms with E-state index in [9.17, 15) is 20.0 Å². The van der Waals surface area contributed by atoms with Crippen LogP contribution in [0.4, 0.5) is 5.69 Å². The molecule has 25 heavy (non-hydrogen) atoms. The molecular formula is C16H14BrN3O5. The van der Waals surface area contributed by atoms with Gasteiger partial charge in [0, 0.05) is 27.7 Å². The molecule has 0 saturated carbocycles. The molecule has 0 bridgehead atoms. The molecule has 0 spiro atoms. The largest absolute Gasteiger partial charge is 0.504 e. The van der Waals surface area contributed by atoms with Gasteiger partial charge < -0.3 is 9.84 Å². The Balaban J connectivity index is 2.14. The normalized spacial score (nSPS) is 10.6. The number of nitro groups is 1. The summed E-state index contributed by atoms with van der Waals surface area (Å²) in [6.07, 6.45) is 1.25. The Morgan fingerprint density at radius 2 is 2.20 bits per heavy atom. The molecule has 0 saturated heterocycles. The molecular weight excluding hydrogens is 394 g/mol. The minimum absolute atomic E-state index is 0.0971. The Labute approximate surface area is 151 Å². The first kappa shape index (κ1) is 18.4. The SMILES string of the molecule is CCOc1cc(Br)cc(C=NNC(=O)c2cccc([N+](=O)[O-])c2)c1O. The molecule has 9 heteroatoms. The van der Waals surface area contributed by atoms with E-state index in [0.29, 0.717) is 16.6 Å². The van der Waals surface area contributed by atoms with Gasteiger partial charge in [-0.3, -0.25) is 14.9 Å². The van der Waals surface area contributed by atoms with Crippen molar-refractivity contribution in [1.82, 2.24) is 5.43 Å². The number of ether oxygens (including phenoxy) is 1. The molecule has 0 radical (unpaired) electrons. The highest BCUT2D eigenvalue weighted by atomic mass is 79.9. The number of carbonyl (C=O) groups excluding carboxylic acids is 1. The van der Waals surface area contributed by atoms with Crippen LogP contribution in [-0.4, -0.2) is 28.8 Å².